The fraction of sp³-hybridized carbons (Fsp3) is 0.375. The third kappa shape index (κ3) is 3.28. The molecule has 0 unspecified atom stereocenters. The Kier molecular flexibility index (Phi) is 4.69. The normalized spacial score (nSPS) is 16.5. The van der Waals surface area contributed by atoms with E-state index >= 15 is 0 Å². The molecule has 6 heteroatoms. The standard InChI is InChI=1S/C16H17Cl2N3O/c17-13-5-3-11-12(16(13)18)4-6-14(11)20-15(22)2-1-8-21-9-7-19-10-21/h3,5,7,9-10,14H,1-2,4,6,8H2,(H,20,22)/t14-/m1/s1. The monoisotopic (exact) mass is 337 g/mol. The molecule has 2 aromatic rings. The molecule has 1 amide bonds. The summed E-state index contributed by atoms with van der Waals surface area (Å²) in [6.07, 6.45) is 8.43. The lowest BCUT2D eigenvalue weighted by atomic mass is 10.1. The van der Waals surface area contributed by atoms with E-state index in [0.717, 1.165) is 36.9 Å². The predicted molar refractivity (Wildman–Crippen MR) is 87.1 cm³/mol. The van der Waals surface area contributed by atoms with Crippen LogP contribution in [0.2, 0.25) is 10.0 Å². The van der Waals surface area contributed by atoms with Crippen LogP contribution >= 0.6 is 23.2 Å². The quantitative estimate of drug-likeness (QED) is 0.902. The molecule has 0 spiro atoms. The number of imidazole rings is 1. The Bertz CT molecular complexity index is 670. The van der Waals surface area contributed by atoms with Crippen molar-refractivity contribution in [1.29, 1.82) is 0 Å². The van der Waals surface area contributed by atoms with Gasteiger partial charge in [0.1, 0.15) is 0 Å². The van der Waals surface area contributed by atoms with Gasteiger partial charge in [0.2, 0.25) is 5.91 Å². The van der Waals surface area contributed by atoms with Crippen LogP contribution in [-0.4, -0.2) is 15.5 Å². The van der Waals surface area contributed by atoms with Crippen molar-refractivity contribution < 1.29 is 4.79 Å². The van der Waals surface area contributed by atoms with E-state index in [9.17, 15) is 4.79 Å². The molecule has 0 saturated carbocycles. The van der Waals surface area contributed by atoms with Gasteiger partial charge in [-0.05, 0) is 36.5 Å². The van der Waals surface area contributed by atoms with Gasteiger partial charge < -0.3 is 9.88 Å². The smallest absolute Gasteiger partial charge is 0.220 e. The molecule has 4 nitrogen and oxygen atoms in total. The van der Waals surface area contributed by atoms with Crippen LogP contribution < -0.4 is 5.32 Å². The highest BCUT2D eigenvalue weighted by Gasteiger charge is 2.26. The molecule has 116 valence electrons. The number of hydrogen-bond donors (Lipinski definition) is 1. The molecule has 0 fully saturated rings. The summed E-state index contributed by atoms with van der Waals surface area (Å²) in [5, 5.41) is 4.29. The van der Waals surface area contributed by atoms with Crippen molar-refractivity contribution in [3.63, 3.8) is 0 Å². The van der Waals surface area contributed by atoms with Gasteiger partial charge in [-0.2, -0.15) is 0 Å². The summed E-state index contributed by atoms with van der Waals surface area (Å²) in [5.41, 5.74) is 2.16. The average Bonchev–Trinajstić information content (AvgIpc) is 3.13. The second-order valence-electron chi connectivity index (χ2n) is 5.49. The third-order valence-electron chi connectivity index (χ3n) is 4.01. The maximum absolute atomic E-state index is 12.1. The Balaban J connectivity index is 1.54. The van der Waals surface area contributed by atoms with Gasteiger partial charge in [-0.25, -0.2) is 4.98 Å². The number of halogens is 2. The minimum atomic E-state index is 0.0468. The Labute approximate surface area is 139 Å². The Morgan fingerprint density at radius 3 is 3.05 bits per heavy atom. The zero-order valence-electron chi connectivity index (χ0n) is 12.1. The molecule has 3 rings (SSSR count). The highest BCUT2D eigenvalue weighted by Crippen LogP contribution is 2.39. The fourth-order valence-electron chi connectivity index (χ4n) is 2.89. The number of aryl methyl sites for hydroxylation is 1. The zero-order chi connectivity index (χ0) is 15.5. The van der Waals surface area contributed by atoms with E-state index in [1.54, 1.807) is 18.6 Å². The Hall–Kier alpha value is -1.52. The van der Waals surface area contributed by atoms with E-state index in [4.69, 9.17) is 23.2 Å². The van der Waals surface area contributed by atoms with Crippen LogP contribution in [0.4, 0.5) is 0 Å². The summed E-state index contributed by atoms with van der Waals surface area (Å²) >= 11 is 12.3. The van der Waals surface area contributed by atoms with Crippen molar-refractivity contribution in [3.8, 4) is 0 Å². The van der Waals surface area contributed by atoms with Gasteiger partial charge in [0, 0.05) is 25.4 Å². The average molecular weight is 338 g/mol. The largest absolute Gasteiger partial charge is 0.349 e. The molecule has 1 atom stereocenters. The number of carbonyl (C=O) groups excluding carboxylic acids is 1. The van der Waals surface area contributed by atoms with Gasteiger partial charge in [0.25, 0.3) is 0 Å². The first-order valence-corrected chi connectivity index (χ1v) is 8.12. The fourth-order valence-corrected chi connectivity index (χ4v) is 3.33. The van der Waals surface area contributed by atoms with Crippen LogP contribution in [0, 0.1) is 0 Å². The van der Waals surface area contributed by atoms with Crippen LogP contribution in [0.1, 0.15) is 36.4 Å². The van der Waals surface area contributed by atoms with Crippen molar-refractivity contribution >= 4 is 29.1 Å². The van der Waals surface area contributed by atoms with Crippen LogP contribution in [0.15, 0.2) is 30.9 Å². The van der Waals surface area contributed by atoms with Crippen molar-refractivity contribution in [2.24, 2.45) is 0 Å². The second kappa shape index (κ2) is 6.71. The molecule has 1 heterocycles. The number of carbonyl (C=O) groups is 1. The van der Waals surface area contributed by atoms with Crippen molar-refractivity contribution in [3.05, 3.63) is 52.0 Å². The first-order valence-electron chi connectivity index (χ1n) is 7.37. The minimum absolute atomic E-state index is 0.0468. The van der Waals surface area contributed by atoms with Crippen molar-refractivity contribution in [2.45, 2.75) is 38.3 Å². The van der Waals surface area contributed by atoms with Crippen LogP contribution in [0.3, 0.4) is 0 Å². The summed E-state index contributed by atoms with van der Waals surface area (Å²) in [5.74, 6) is 0.0732. The van der Waals surface area contributed by atoms with Gasteiger partial charge in [-0.15, -0.1) is 0 Å². The number of benzene rings is 1. The van der Waals surface area contributed by atoms with Gasteiger partial charge in [-0.3, -0.25) is 4.79 Å². The number of fused-ring (bicyclic) bond motifs is 1. The number of nitrogens with zero attached hydrogens (tertiary/aromatic N) is 2. The Morgan fingerprint density at radius 2 is 2.27 bits per heavy atom. The summed E-state index contributed by atoms with van der Waals surface area (Å²) in [6.45, 7) is 0.802. The molecular formula is C16H17Cl2N3O. The predicted octanol–water partition coefficient (Wildman–Crippen LogP) is 3.77. The first kappa shape index (κ1) is 15.4. The molecular weight excluding hydrogens is 321 g/mol. The third-order valence-corrected chi connectivity index (χ3v) is 4.85. The molecule has 0 saturated heterocycles. The van der Waals surface area contributed by atoms with Gasteiger partial charge in [0.15, 0.2) is 0 Å². The lowest BCUT2D eigenvalue weighted by Crippen LogP contribution is -2.27. The van der Waals surface area contributed by atoms with Gasteiger partial charge in [-0.1, -0.05) is 29.3 Å². The molecule has 22 heavy (non-hydrogen) atoms. The summed E-state index contributed by atoms with van der Waals surface area (Å²) in [6, 6.07) is 3.81. The number of aromatic nitrogens is 2. The molecule has 1 aromatic carbocycles. The minimum Gasteiger partial charge on any atom is -0.349 e. The number of amides is 1. The van der Waals surface area contributed by atoms with Crippen LogP contribution in [0.25, 0.3) is 0 Å². The second-order valence-corrected chi connectivity index (χ2v) is 6.28. The van der Waals surface area contributed by atoms with E-state index in [0.29, 0.717) is 16.5 Å². The summed E-state index contributed by atoms with van der Waals surface area (Å²) in [7, 11) is 0. The molecule has 1 N–H and O–H groups in total. The topological polar surface area (TPSA) is 46.9 Å². The molecule has 1 aliphatic carbocycles. The first-order chi connectivity index (χ1) is 10.6. The van der Waals surface area contributed by atoms with Crippen molar-refractivity contribution in [2.75, 3.05) is 0 Å². The zero-order valence-corrected chi connectivity index (χ0v) is 13.6. The molecule has 0 aliphatic heterocycles. The van der Waals surface area contributed by atoms with Gasteiger partial charge in [0.05, 0.1) is 22.4 Å². The number of rotatable bonds is 5. The highest BCUT2D eigenvalue weighted by atomic mass is 35.5. The van der Waals surface area contributed by atoms with Crippen molar-refractivity contribution in [1.82, 2.24) is 14.9 Å². The van der Waals surface area contributed by atoms with E-state index in [1.807, 2.05) is 16.8 Å². The highest BCUT2D eigenvalue weighted by molar-refractivity contribution is 6.42. The number of hydrogen-bond acceptors (Lipinski definition) is 2. The molecule has 1 aromatic heterocycles. The maximum Gasteiger partial charge on any atom is 0.220 e. The lowest BCUT2D eigenvalue weighted by Gasteiger charge is -2.14. The van der Waals surface area contributed by atoms with E-state index < -0.39 is 0 Å². The van der Waals surface area contributed by atoms with E-state index in [-0.39, 0.29) is 11.9 Å². The Morgan fingerprint density at radius 1 is 1.41 bits per heavy atom. The number of nitrogens with one attached hydrogen (secondary N) is 1. The molecule has 0 radical (unpaired) electrons. The van der Waals surface area contributed by atoms with Crippen LogP contribution in [-0.2, 0) is 17.8 Å². The summed E-state index contributed by atoms with van der Waals surface area (Å²) in [4.78, 5) is 16.1. The maximum atomic E-state index is 12.1. The van der Waals surface area contributed by atoms with Gasteiger partial charge >= 0.3 is 0 Å². The molecule has 0 bridgehead atoms. The van der Waals surface area contributed by atoms with E-state index in [2.05, 4.69) is 10.3 Å². The van der Waals surface area contributed by atoms with Crippen LogP contribution in [0.5, 0.6) is 0 Å². The summed E-state index contributed by atoms with van der Waals surface area (Å²) < 4.78 is 1.97. The lowest BCUT2D eigenvalue weighted by molar-refractivity contribution is -0.122. The molecule has 1 aliphatic rings. The SMILES string of the molecule is O=C(CCCn1ccnc1)N[C@@H]1CCc2c1ccc(Cl)c2Cl. The van der Waals surface area contributed by atoms with E-state index in [1.165, 1.54) is 0 Å².